The Morgan fingerprint density at radius 3 is 2.53 bits per heavy atom. The van der Waals surface area contributed by atoms with Crippen molar-refractivity contribution in [2.75, 3.05) is 25.3 Å². The number of ether oxygens (including phenoxy) is 2. The number of allylic oxidation sites excluding steroid dienone is 1. The Kier molecular flexibility index (Phi) is 7.84. The number of hydrogen-bond acceptors (Lipinski definition) is 8. The highest BCUT2D eigenvalue weighted by Crippen LogP contribution is 2.54. The molecule has 0 aliphatic heterocycles. The van der Waals surface area contributed by atoms with Crippen LogP contribution in [-0.2, 0) is 20.8 Å². The lowest BCUT2D eigenvalue weighted by molar-refractivity contribution is -0.113. The molecule has 2 aromatic carbocycles. The first kappa shape index (κ1) is 25.2. The lowest BCUT2D eigenvalue weighted by atomic mass is 10.1. The largest absolute Gasteiger partial charge is 0.465 e. The second-order valence-electron chi connectivity index (χ2n) is 8.18. The van der Waals surface area contributed by atoms with E-state index in [0.29, 0.717) is 17.6 Å². The Morgan fingerprint density at radius 2 is 1.83 bits per heavy atom. The van der Waals surface area contributed by atoms with Gasteiger partial charge in [0.25, 0.3) is 0 Å². The molecule has 186 valence electrons. The summed E-state index contributed by atoms with van der Waals surface area (Å²) in [5.41, 5.74) is 1.76. The summed E-state index contributed by atoms with van der Waals surface area (Å²) in [6.07, 6.45) is 2.77. The molecule has 1 amide bonds. The first-order chi connectivity index (χ1) is 17.5. The van der Waals surface area contributed by atoms with E-state index in [1.54, 1.807) is 6.08 Å². The van der Waals surface area contributed by atoms with Crippen LogP contribution in [0.3, 0.4) is 0 Å². The number of hydrogen-bond donors (Lipinski definition) is 1. The molecule has 1 aromatic heterocycles. The predicted octanol–water partition coefficient (Wildman–Crippen LogP) is 4.04. The topological polar surface area (TPSA) is 112 Å². The summed E-state index contributed by atoms with van der Waals surface area (Å²) in [4.78, 5) is 36.8. The molecule has 1 aliphatic carbocycles. The number of nitrogens with zero attached hydrogens (tertiary/aromatic N) is 3. The molecule has 4 rings (SSSR count). The summed E-state index contributed by atoms with van der Waals surface area (Å²) in [7, 11) is 2.49. The molecule has 36 heavy (non-hydrogen) atoms. The van der Waals surface area contributed by atoms with Gasteiger partial charge in [-0.05, 0) is 36.1 Å². The van der Waals surface area contributed by atoms with Gasteiger partial charge in [-0.3, -0.25) is 4.79 Å². The molecule has 2 unspecified atom stereocenters. The third kappa shape index (κ3) is 5.49. The Morgan fingerprint density at radius 1 is 1.08 bits per heavy atom. The van der Waals surface area contributed by atoms with Crippen molar-refractivity contribution < 1.29 is 23.9 Å². The highest BCUT2D eigenvalue weighted by molar-refractivity contribution is 7.99. The quantitative estimate of drug-likeness (QED) is 0.249. The third-order valence-electron chi connectivity index (χ3n) is 5.86. The van der Waals surface area contributed by atoms with Crippen LogP contribution in [0.1, 0.15) is 50.4 Å². The average Bonchev–Trinajstić information content (AvgIpc) is 3.61. The SMILES string of the molecule is C=CCn1c(SCC(=O)Nc2cc(C(=O)OC)ccc2C(=O)OC)nnc1C1CC1c1ccccc1. The fourth-order valence-electron chi connectivity index (χ4n) is 4.03. The normalized spacial score (nSPS) is 16.2. The zero-order chi connectivity index (χ0) is 25.7. The second kappa shape index (κ2) is 11.2. The van der Waals surface area contributed by atoms with Crippen LogP contribution in [0.15, 0.2) is 66.3 Å². The van der Waals surface area contributed by atoms with E-state index in [-0.39, 0.29) is 34.4 Å². The van der Waals surface area contributed by atoms with Gasteiger partial charge in [0.1, 0.15) is 5.82 Å². The zero-order valence-corrected chi connectivity index (χ0v) is 20.8. The van der Waals surface area contributed by atoms with Crippen LogP contribution in [-0.4, -0.2) is 52.6 Å². The molecule has 1 aliphatic rings. The van der Waals surface area contributed by atoms with Crippen molar-refractivity contribution in [3.63, 3.8) is 0 Å². The standard InChI is InChI=1S/C26H26N4O5S/c1-4-12-30-23(20-14-19(20)16-8-6-5-7-9-16)28-29-26(30)36-15-22(31)27-21-13-17(24(32)34-2)10-11-18(21)25(33)35-3/h4-11,13,19-20H,1,12,14-15H2,2-3H3,(H,27,31). The molecule has 3 aromatic rings. The van der Waals surface area contributed by atoms with Crippen LogP contribution in [0.25, 0.3) is 0 Å². The molecule has 9 nitrogen and oxygen atoms in total. The van der Waals surface area contributed by atoms with E-state index in [1.807, 2.05) is 22.8 Å². The monoisotopic (exact) mass is 506 g/mol. The van der Waals surface area contributed by atoms with Gasteiger partial charge in [0, 0.05) is 12.5 Å². The summed E-state index contributed by atoms with van der Waals surface area (Å²) < 4.78 is 11.5. The van der Waals surface area contributed by atoms with Gasteiger partial charge in [0.2, 0.25) is 5.91 Å². The molecule has 0 bridgehead atoms. The van der Waals surface area contributed by atoms with Crippen LogP contribution in [0.5, 0.6) is 0 Å². The number of carbonyl (C=O) groups excluding carboxylic acids is 3. The Hall–Kier alpha value is -3.92. The lowest BCUT2D eigenvalue weighted by Gasteiger charge is -2.12. The van der Waals surface area contributed by atoms with Gasteiger partial charge in [-0.2, -0.15) is 0 Å². The summed E-state index contributed by atoms with van der Waals surface area (Å²) in [5.74, 6) is -0.0330. The van der Waals surface area contributed by atoms with E-state index in [4.69, 9.17) is 9.47 Å². The number of thioether (sulfide) groups is 1. The summed E-state index contributed by atoms with van der Waals surface area (Å²) in [6.45, 7) is 4.37. The molecule has 1 heterocycles. The molecule has 1 N–H and O–H groups in total. The summed E-state index contributed by atoms with van der Waals surface area (Å²) in [6, 6.07) is 14.5. The van der Waals surface area contributed by atoms with Crippen LogP contribution in [0.4, 0.5) is 5.69 Å². The highest BCUT2D eigenvalue weighted by atomic mass is 32.2. The number of amides is 1. The van der Waals surface area contributed by atoms with Crippen molar-refractivity contribution in [1.29, 1.82) is 0 Å². The third-order valence-corrected chi connectivity index (χ3v) is 6.83. The molecular weight excluding hydrogens is 480 g/mol. The lowest BCUT2D eigenvalue weighted by Crippen LogP contribution is -2.18. The number of rotatable bonds is 10. The second-order valence-corrected chi connectivity index (χ2v) is 9.12. The minimum Gasteiger partial charge on any atom is -0.465 e. The van der Waals surface area contributed by atoms with E-state index in [2.05, 4.69) is 34.2 Å². The predicted molar refractivity (Wildman–Crippen MR) is 135 cm³/mol. The average molecular weight is 507 g/mol. The number of carbonyl (C=O) groups is 3. The molecule has 0 radical (unpaired) electrons. The molecule has 1 saturated carbocycles. The highest BCUT2D eigenvalue weighted by Gasteiger charge is 2.43. The molecule has 10 heteroatoms. The van der Waals surface area contributed by atoms with Gasteiger partial charge >= 0.3 is 11.9 Å². The van der Waals surface area contributed by atoms with Crippen molar-refractivity contribution in [1.82, 2.24) is 14.8 Å². The Bertz CT molecular complexity index is 1290. The van der Waals surface area contributed by atoms with E-state index in [0.717, 1.165) is 12.2 Å². The van der Waals surface area contributed by atoms with Gasteiger partial charge in [-0.25, -0.2) is 9.59 Å². The van der Waals surface area contributed by atoms with Gasteiger partial charge in [0.05, 0.1) is 36.8 Å². The number of benzene rings is 2. The maximum absolute atomic E-state index is 12.8. The van der Waals surface area contributed by atoms with E-state index >= 15 is 0 Å². The van der Waals surface area contributed by atoms with Crippen molar-refractivity contribution >= 4 is 35.3 Å². The van der Waals surface area contributed by atoms with Crippen LogP contribution < -0.4 is 5.32 Å². The van der Waals surface area contributed by atoms with Crippen molar-refractivity contribution in [3.8, 4) is 0 Å². The maximum Gasteiger partial charge on any atom is 0.339 e. The first-order valence-corrected chi connectivity index (χ1v) is 12.3. The fraction of sp³-hybridized carbons (Fsp3) is 0.269. The molecule has 0 spiro atoms. The minimum atomic E-state index is -0.637. The van der Waals surface area contributed by atoms with Crippen molar-refractivity contribution in [2.24, 2.45) is 0 Å². The Labute approximate surface area is 212 Å². The first-order valence-electron chi connectivity index (χ1n) is 11.3. The number of esters is 2. The Balaban J connectivity index is 1.46. The number of aromatic nitrogens is 3. The maximum atomic E-state index is 12.8. The molecule has 2 atom stereocenters. The van der Waals surface area contributed by atoms with Gasteiger partial charge < -0.3 is 19.4 Å². The van der Waals surface area contributed by atoms with Gasteiger partial charge in [0.15, 0.2) is 5.16 Å². The number of nitrogens with one attached hydrogen (secondary N) is 1. The van der Waals surface area contributed by atoms with E-state index < -0.39 is 11.9 Å². The molecule has 1 fully saturated rings. The number of methoxy groups -OCH3 is 2. The van der Waals surface area contributed by atoms with Gasteiger partial charge in [-0.15, -0.1) is 16.8 Å². The zero-order valence-electron chi connectivity index (χ0n) is 20.0. The number of anilines is 1. The van der Waals surface area contributed by atoms with E-state index in [1.165, 1.54) is 49.7 Å². The fourth-order valence-corrected chi connectivity index (χ4v) is 4.78. The summed E-state index contributed by atoms with van der Waals surface area (Å²) >= 11 is 1.23. The van der Waals surface area contributed by atoms with Crippen LogP contribution in [0.2, 0.25) is 0 Å². The van der Waals surface area contributed by atoms with Crippen LogP contribution >= 0.6 is 11.8 Å². The van der Waals surface area contributed by atoms with Gasteiger partial charge in [-0.1, -0.05) is 48.2 Å². The van der Waals surface area contributed by atoms with Crippen LogP contribution in [0, 0.1) is 0 Å². The minimum absolute atomic E-state index is 0.0190. The molecular formula is C26H26N4O5S. The molecule has 0 saturated heterocycles. The van der Waals surface area contributed by atoms with Crippen molar-refractivity contribution in [2.45, 2.75) is 30.0 Å². The summed E-state index contributed by atoms with van der Waals surface area (Å²) in [5, 5.41) is 12.0. The van der Waals surface area contributed by atoms with E-state index in [9.17, 15) is 14.4 Å². The van der Waals surface area contributed by atoms with Crippen molar-refractivity contribution in [3.05, 3.63) is 83.7 Å². The smallest absolute Gasteiger partial charge is 0.339 e.